The predicted octanol–water partition coefficient (Wildman–Crippen LogP) is 4.68. The van der Waals surface area contributed by atoms with Crippen LogP contribution >= 0.6 is 27.5 Å². The Morgan fingerprint density at radius 1 is 1.32 bits per heavy atom. The van der Waals surface area contributed by atoms with E-state index < -0.39 is 0 Å². The van der Waals surface area contributed by atoms with Crippen molar-refractivity contribution < 1.29 is 9.53 Å². The SMILES string of the molecule is CN(C)C(=O)/C(C#N)=C\c1ccc(OCc2ccccc2Cl)c(Br)c1. The summed E-state index contributed by atoms with van der Waals surface area (Å²) < 4.78 is 6.51. The van der Waals surface area contributed by atoms with Crippen molar-refractivity contribution in [3.05, 3.63) is 68.7 Å². The maximum Gasteiger partial charge on any atom is 0.264 e. The van der Waals surface area contributed by atoms with Gasteiger partial charge < -0.3 is 9.64 Å². The second-order valence-corrected chi connectivity index (χ2v) is 6.70. The van der Waals surface area contributed by atoms with Crippen molar-refractivity contribution in [2.24, 2.45) is 0 Å². The molecular weight excluding hydrogens is 404 g/mol. The second kappa shape index (κ2) is 8.70. The van der Waals surface area contributed by atoms with Crippen LogP contribution in [0.25, 0.3) is 6.08 Å². The number of ether oxygens (including phenoxy) is 1. The highest BCUT2D eigenvalue weighted by Gasteiger charge is 2.11. The lowest BCUT2D eigenvalue weighted by Crippen LogP contribution is -2.22. The summed E-state index contributed by atoms with van der Waals surface area (Å²) in [4.78, 5) is 13.3. The molecule has 0 aromatic heterocycles. The van der Waals surface area contributed by atoms with E-state index in [2.05, 4.69) is 15.9 Å². The summed E-state index contributed by atoms with van der Waals surface area (Å²) in [5.41, 5.74) is 1.69. The van der Waals surface area contributed by atoms with Gasteiger partial charge in [-0.3, -0.25) is 4.79 Å². The minimum Gasteiger partial charge on any atom is -0.488 e. The zero-order valence-electron chi connectivity index (χ0n) is 13.8. The smallest absolute Gasteiger partial charge is 0.264 e. The fourth-order valence-electron chi connectivity index (χ4n) is 2.04. The summed E-state index contributed by atoms with van der Waals surface area (Å²) in [5.74, 6) is 0.312. The van der Waals surface area contributed by atoms with Crippen molar-refractivity contribution in [2.75, 3.05) is 14.1 Å². The minimum atomic E-state index is -0.335. The average molecular weight is 420 g/mol. The lowest BCUT2D eigenvalue weighted by molar-refractivity contribution is -0.124. The molecule has 2 aromatic carbocycles. The largest absolute Gasteiger partial charge is 0.488 e. The van der Waals surface area contributed by atoms with Gasteiger partial charge in [-0.05, 0) is 45.8 Å². The molecule has 25 heavy (non-hydrogen) atoms. The molecule has 1 amide bonds. The summed E-state index contributed by atoms with van der Waals surface area (Å²) in [6.07, 6.45) is 1.55. The third-order valence-corrected chi connectivity index (χ3v) is 4.35. The lowest BCUT2D eigenvalue weighted by atomic mass is 10.1. The molecule has 0 N–H and O–H groups in total. The van der Waals surface area contributed by atoms with Crippen molar-refractivity contribution >= 4 is 39.5 Å². The Morgan fingerprint density at radius 3 is 2.64 bits per heavy atom. The number of halogens is 2. The van der Waals surface area contributed by atoms with E-state index in [1.54, 1.807) is 38.4 Å². The fraction of sp³-hybridized carbons (Fsp3) is 0.158. The first-order valence-electron chi connectivity index (χ1n) is 7.41. The molecule has 0 bridgehead atoms. The highest BCUT2D eigenvalue weighted by Crippen LogP contribution is 2.28. The summed E-state index contributed by atoms with van der Waals surface area (Å²) >= 11 is 9.57. The Balaban J connectivity index is 2.17. The molecular formula is C19H16BrClN2O2. The van der Waals surface area contributed by atoms with Gasteiger partial charge in [-0.1, -0.05) is 35.9 Å². The van der Waals surface area contributed by atoms with Crippen LogP contribution in [0.4, 0.5) is 0 Å². The molecule has 0 aliphatic carbocycles. The number of amides is 1. The van der Waals surface area contributed by atoms with Crippen LogP contribution in [0, 0.1) is 11.3 Å². The number of likely N-dealkylation sites (N-methyl/N-ethyl adjacent to an activating group) is 1. The van der Waals surface area contributed by atoms with Gasteiger partial charge in [-0.25, -0.2) is 0 Å². The van der Waals surface area contributed by atoms with Crippen molar-refractivity contribution in [1.29, 1.82) is 5.26 Å². The summed E-state index contributed by atoms with van der Waals surface area (Å²) in [6.45, 7) is 0.343. The third kappa shape index (κ3) is 5.09. The molecule has 0 aliphatic heterocycles. The summed E-state index contributed by atoms with van der Waals surface area (Å²) in [6, 6.07) is 14.8. The van der Waals surface area contributed by atoms with E-state index in [9.17, 15) is 4.79 Å². The first-order valence-corrected chi connectivity index (χ1v) is 8.58. The molecule has 0 unspecified atom stereocenters. The number of carbonyl (C=O) groups is 1. The topological polar surface area (TPSA) is 53.3 Å². The first kappa shape index (κ1) is 19.0. The molecule has 2 rings (SSSR count). The first-order chi connectivity index (χ1) is 11.9. The Kier molecular flexibility index (Phi) is 6.63. The Bertz CT molecular complexity index is 857. The van der Waals surface area contributed by atoms with Crippen LogP contribution in [-0.2, 0) is 11.4 Å². The number of hydrogen-bond acceptors (Lipinski definition) is 3. The molecule has 0 fully saturated rings. The molecule has 0 saturated carbocycles. The van der Waals surface area contributed by atoms with Gasteiger partial charge in [-0.15, -0.1) is 0 Å². The quantitative estimate of drug-likeness (QED) is 0.522. The molecule has 6 heteroatoms. The molecule has 128 valence electrons. The number of rotatable bonds is 5. The zero-order chi connectivity index (χ0) is 18.4. The van der Waals surface area contributed by atoms with Crippen LogP contribution < -0.4 is 4.74 Å². The number of carbonyl (C=O) groups excluding carboxylic acids is 1. The van der Waals surface area contributed by atoms with Crippen LogP contribution in [0.2, 0.25) is 5.02 Å². The molecule has 0 aliphatic rings. The molecule has 0 spiro atoms. The van der Waals surface area contributed by atoms with E-state index in [1.807, 2.05) is 30.3 Å². The van der Waals surface area contributed by atoms with Crippen LogP contribution in [0.1, 0.15) is 11.1 Å². The predicted molar refractivity (Wildman–Crippen MR) is 102 cm³/mol. The van der Waals surface area contributed by atoms with E-state index in [-0.39, 0.29) is 11.5 Å². The third-order valence-electron chi connectivity index (χ3n) is 3.36. The van der Waals surface area contributed by atoms with E-state index in [1.165, 1.54) is 4.90 Å². The van der Waals surface area contributed by atoms with E-state index in [0.717, 1.165) is 15.6 Å². The molecule has 0 heterocycles. The van der Waals surface area contributed by atoms with Gasteiger partial charge >= 0.3 is 0 Å². The Morgan fingerprint density at radius 2 is 2.04 bits per heavy atom. The van der Waals surface area contributed by atoms with Crippen LogP contribution in [0.5, 0.6) is 5.75 Å². The van der Waals surface area contributed by atoms with Crippen LogP contribution in [0.3, 0.4) is 0 Å². The van der Waals surface area contributed by atoms with Crippen molar-refractivity contribution in [3.8, 4) is 11.8 Å². The second-order valence-electron chi connectivity index (χ2n) is 5.44. The number of hydrogen-bond donors (Lipinski definition) is 0. The molecule has 0 atom stereocenters. The summed E-state index contributed by atoms with van der Waals surface area (Å²) in [5, 5.41) is 9.80. The molecule has 0 saturated heterocycles. The monoisotopic (exact) mass is 418 g/mol. The van der Waals surface area contributed by atoms with Crippen molar-refractivity contribution in [1.82, 2.24) is 4.90 Å². The molecule has 2 aromatic rings. The van der Waals surface area contributed by atoms with Crippen LogP contribution in [0.15, 0.2) is 52.5 Å². The van der Waals surface area contributed by atoms with Crippen molar-refractivity contribution in [3.63, 3.8) is 0 Å². The summed E-state index contributed by atoms with van der Waals surface area (Å²) in [7, 11) is 3.21. The zero-order valence-corrected chi connectivity index (χ0v) is 16.1. The fourth-order valence-corrected chi connectivity index (χ4v) is 2.75. The highest BCUT2D eigenvalue weighted by molar-refractivity contribution is 9.10. The lowest BCUT2D eigenvalue weighted by Gasteiger charge is -2.11. The normalized spacial score (nSPS) is 10.9. The molecule has 4 nitrogen and oxygen atoms in total. The van der Waals surface area contributed by atoms with Gasteiger partial charge in [0.1, 0.15) is 24.0 Å². The van der Waals surface area contributed by atoms with Crippen molar-refractivity contribution in [2.45, 2.75) is 6.61 Å². The maximum atomic E-state index is 11.9. The minimum absolute atomic E-state index is 0.0710. The Hall–Kier alpha value is -2.29. The maximum absolute atomic E-state index is 11.9. The Labute approximate surface area is 160 Å². The average Bonchev–Trinajstić information content (AvgIpc) is 2.59. The van der Waals surface area contributed by atoms with Gasteiger partial charge in [-0.2, -0.15) is 5.26 Å². The number of benzene rings is 2. The van der Waals surface area contributed by atoms with Gasteiger partial charge in [0, 0.05) is 24.7 Å². The van der Waals surface area contributed by atoms with Gasteiger partial charge in [0.15, 0.2) is 0 Å². The van der Waals surface area contributed by atoms with Gasteiger partial charge in [0.2, 0.25) is 0 Å². The van der Waals surface area contributed by atoms with E-state index in [4.69, 9.17) is 21.6 Å². The number of nitriles is 1. The highest BCUT2D eigenvalue weighted by atomic mass is 79.9. The van der Waals surface area contributed by atoms with Gasteiger partial charge in [0.05, 0.1) is 4.47 Å². The van der Waals surface area contributed by atoms with E-state index in [0.29, 0.717) is 17.4 Å². The van der Waals surface area contributed by atoms with Crippen LogP contribution in [-0.4, -0.2) is 24.9 Å². The van der Waals surface area contributed by atoms with E-state index >= 15 is 0 Å². The van der Waals surface area contributed by atoms with Gasteiger partial charge in [0.25, 0.3) is 5.91 Å². The standard InChI is InChI=1S/C19H16BrClN2O2/c1-23(2)19(24)15(11-22)9-13-7-8-18(16(20)10-13)25-12-14-5-3-4-6-17(14)21/h3-10H,12H2,1-2H3/b15-9-. The molecule has 0 radical (unpaired) electrons. The number of nitrogens with zero attached hydrogens (tertiary/aromatic N) is 2.